The molecule has 6 nitrogen and oxygen atoms in total. The Balaban J connectivity index is 0.000000206. The SMILES string of the molecule is CC(C(=O)O)c1cccc(Oc2ccccc2)c1.O=C(O)CCC(=O)c1ccc(-c2ccccc2)cc1. The number of hydrogen-bond acceptors (Lipinski definition) is 4. The van der Waals surface area contributed by atoms with E-state index in [-0.39, 0.29) is 18.6 Å². The molecule has 0 aliphatic carbocycles. The maximum atomic E-state index is 11.7. The summed E-state index contributed by atoms with van der Waals surface area (Å²) in [5, 5.41) is 17.5. The zero-order chi connectivity index (χ0) is 26.6. The van der Waals surface area contributed by atoms with Crippen LogP contribution in [0.2, 0.25) is 0 Å². The largest absolute Gasteiger partial charge is 0.481 e. The van der Waals surface area contributed by atoms with Gasteiger partial charge in [0, 0.05) is 12.0 Å². The maximum absolute atomic E-state index is 11.7. The highest BCUT2D eigenvalue weighted by Crippen LogP contribution is 2.25. The Morgan fingerprint density at radius 1 is 0.676 bits per heavy atom. The van der Waals surface area contributed by atoms with E-state index in [2.05, 4.69) is 0 Å². The first kappa shape index (κ1) is 26.9. The second-order valence-electron chi connectivity index (χ2n) is 8.31. The summed E-state index contributed by atoms with van der Waals surface area (Å²) in [7, 11) is 0. The van der Waals surface area contributed by atoms with Crippen molar-refractivity contribution >= 4 is 17.7 Å². The zero-order valence-electron chi connectivity index (χ0n) is 20.4. The summed E-state index contributed by atoms with van der Waals surface area (Å²) >= 11 is 0. The van der Waals surface area contributed by atoms with Crippen LogP contribution in [0.5, 0.6) is 11.5 Å². The van der Waals surface area contributed by atoms with Crippen LogP contribution in [0.4, 0.5) is 0 Å². The minimum atomic E-state index is -0.950. The van der Waals surface area contributed by atoms with Gasteiger partial charge in [-0.05, 0) is 47.9 Å². The van der Waals surface area contributed by atoms with Crippen LogP contribution in [0.25, 0.3) is 11.1 Å². The third kappa shape index (κ3) is 8.47. The Hall–Kier alpha value is -4.71. The molecular weight excluding hydrogens is 468 g/mol. The van der Waals surface area contributed by atoms with Crippen molar-refractivity contribution < 1.29 is 29.3 Å². The molecule has 188 valence electrons. The molecule has 0 fully saturated rings. The van der Waals surface area contributed by atoms with Crippen molar-refractivity contribution in [2.75, 3.05) is 0 Å². The lowest BCUT2D eigenvalue weighted by Gasteiger charge is -2.10. The molecule has 0 aliphatic rings. The molecule has 37 heavy (non-hydrogen) atoms. The summed E-state index contributed by atoms with van der Waals surface area (Å²) in [6, 6.07) is 33.7. The van der Waals surface area contributed by atoms with Gasteiger partial charge >= 0.3 is 11.9 Å². The number of carbonyl (C=O) groups is 3. The summed E-state index contributed by atoms with van der Waals surface area (Å²) in [6.07, 6.45) is -0.0840. The van der Waals surface area contributed by atoms with E-state index in [4.69, 9.17) is 14.9 Å². The van der Waals surface area contributed by atoms with Crippen LogP contribution < -0.4 is 4.74 Å². The third-order valence-corrected chi connectivity index (χ3v) is 5.59. The number of ether oxygens (including phenoxy) is 1. The molecule has 2 N–H and O–H groups in total. The van der Waals surface area contributed by atoms with Crippen LogP contribution in [-0.4, -0.2) is 27.9 Å². The van der Waals surface area contributed by atoms with Crippen molar-refractivity contribution in [2.45, 2.75) is 25.7 Å². The van der Waals surface area contributed by atoms with E-state index in [0.717, 1.165) is 22.4 Å². The summed E-state index contributed by atoms with van der Waals surface area (Å²) in [4.78, 5) is 33.1. The molecule has 4 rings (SSSR count). The van der Waals surface area contributed by atoms with E-state index in [1.807, 2.05) is 78.9 Å². The number of carboxylic acid groups (broad SMARTS) is 2. The van der Waals surface area contributed by atoms with Crippen LogP contribution in [-0.2, 0) is 9.59 Å². The molecule has 0 heterocycles. The van der Waals surface area contributed by atoms with Crippen LogP contribution in [0.3, 0.4) is 0 Å². The van der Waals surface area contributed by atoms with Crippen LogP contribution in [0.15, 0.2) is 109 Å². The van der Waals surface area contributed by atoms with E-state index >= 15 is 0 Å². The van der Waals surface area contributed by atoms with Crippen LogP contribution in [0, 0.1) is 0 Å². The van der Waals surface area contributed by atoms with Gasteiger partial charge in [-0.25, -0.2) is 0 Å². The van der Waals surface area contributed by atoms with E-state index in [0.29, 0.717) is 11.3 Å². The first-order valence-electron chi connectivity index (χ1n) is 11.8. The van der Waals surface area contributed by atoms with Gasteiger partial charge in [-0.1, -0.05) is 84.9 Å². The minimum absolute atomic E-state index is 0.0417. The summed E-state index contributed by atoms with van der Waals surface area (Å²) < 4.78 is 5.66. The molecule has 0 spiro atoms. The third-order valence-electron chi connectivity index (χ3n) is 5.59. The number of rotatable bonds is 9. The number of benzene rings is 4. The standard InChI is InChI=1S/C16H14O3.C15H14O3/c17-15(10-11-16(18)19)14-8-6-13(7-9-14)12-4-2-1-3-5-12;1-11(15(16)17)12-6-5-9-14(10-12)18-13-7-3-2-4-8-13/h1-9H,10-11H2,(H,18,19);2-11H,1H3,(H,16,17). The normalized spacial score (nSPS) is 10.9. The fourth-order valence-corrected chi connectivity index (χ4v) is 3.46. The lowest BCUT2D eigenvalue weighted by atomic mass is 10.0. The van der Waals surface area contributed by atoms with Gasteiger partial charge in [0.2, 0.25) is 0 Å². The first-order chi connectivity index (χ1) is 17.8. The highest BCUT2D eigenvalue weighted by Gasteiger charge is 2.14. The molecule has 1 atom stereocenters. The van der Waals surface area contributed by atoms with Crippen molar-refractivity contribution in [1.29, 1.82) is 0 Å². The predicted molar refractivity (Wildman–Crippen MR) is 142 cm³/mol. The number of carbonyl (C=O) groups excluding carboxylic acids is 1. The molecule has 0 saturated carbocycles. The number of carboxylic acids is 2. The molecule has 0 saturated heterocycles. The molecule has 0 aliphatic heterocycles. The Morgan fingerprint density at radius 3 is 1.84 bits per heavy atom. The van der Waals surface area contributed by atoms with Gasteiger partial charge in [0.15, 0.2) is 5.78 Å². The van der Waals surface area contributed by atoms with Gasteiger partial charge in [0.1, 0.15) is 11.5 Å². The summed E-state index contributed by atoms with van der Waals surface area (Å²) in [5.74, 6) is -1.09. The van der Waals surface area contributed by atoms with Gasteiger partial charge in [0.05, 0.1) is 12.3 Å². The van der Waals surface area contributed by atoms with Crippen molar-refractivity contribution in [3.05, 3.63) is 120 Å². The second kappa shape index (κ2) is 13.4. The highest BCUT2D eigenvalue weighted by molar-refractivity contribution is 5.97. The number of para-hydroxylation sites is 1. The van der Waals surface area contributed by atoms with Gasteiger partial charge in [-0.3, -0.25) is 14.4 Å². The predicted octanol–water partition coefficient (Wildman–Crippen LogP) is 7.07. The molecule has 0 bridgehead atoms. The van der Waals surface area contributed by atoms with E-state index in [9.17, 15) is 14.4 Å². The molecular formula is C31H28O6. The van der Waals surface area contributed by atoms with Crippen molar-refractivity contribution in [3.8, 4) is 22.6 Å². The average Bonchev–Trinajstić information content (AvgIpc) is 2.93. The molecule has 6 heteroatoms. The van der Waals surface area contributed by atoms with E-state index in [1.165, 1.54) is 0 Å². The summed E-state index contributed by atoms with van der Waals surface area (Å²) in [5.41, 5.74) is 3.42. The van der Waals surface area contributed by atoms with Gasteiger partial charge in [-0.15, -0.1) is 0 Å². The lowest BCUT2D eigenvalue weighted by molar-refractivity contribution is -0.138. The average molecular weight is 497 g/mol. The van der Waals surface area contributed by atoms with Crippen LogP contribution in [0.1, 0.15) is 41.6 Å². The van der Waals surface area contributed by atoms with Crippen LogP contribution >= 0.6 is 0 Å². The molecule has 1 unspecified atom stereocenters. The fourth-order valence-electron chi connectivity index (χ4n) is 3.46. The monoisotopic (exact) mass is 496 g/mol. The fraction of sp³-hybridized carbons (Fsp3) is 0.129. The first-order valence-corrected chi connectivity index (χ1v) is 11.8. The number of hydrogen-bond donors (Lipinski definition) is 2. The topological polar surface area (TPSA) is 101 Å². The quantitative estimate of drug-likeness (QED) is 0.240. The van der Waals surface area contributed by atoms with Crippen molar-refractivity contribution in [2.24, 2.45) is 0 Å². The van der Waals surface area contributed by atoms with Crippen molar-refractivity contribution in [1.82, 2.24) is 0 Å². The van der Waals surface area contributed by atoms with E-state index < -0.39 is 17.9 Å². The highest BCUT2D eigenvalue weighted by atomic mass is 16.5. The molecule has 0 amide bonds. The molecule has 0 aromatic heterocycles. The Kier molecular flexibility index (Phi) is 9.74. The smallest absolute Gasteiger partial charge is 0.310 e. The number of aliphatic carboxylic acids is 2. The Labute approximate surface area is 215 Å². The maximum Gasteiger partial charge on any atom is 0.310 e. The lowest BCUT2D eigenvalue weighted by Crippen LogP contribution is -2.07. The Bertz CT molecular complexity index is 1310. The second-order valence-corrected chi connectivity index (χ2v) is 8.31. The van der Waals surface area contributed by atoms with Crippen molar-refractivity contribution in [3.63, 3.8) is 0 Å². The van der Waals surface area contributed by atoms with E-state index in [1.54, 1.807) is 37.3 Å². The molecule has 4 aromatic rings. The Morgan fingerprint density at radius 2 is 1.24 bits per heavy atom. The van der Waals surface area contributed by atoms with Gasteiger partial charge in [-0.2, -0.15) is 0 Å². The number of ketones is 1. The summed E-state index contributed by atoms with van der Waals surface area (Å²) in [6.45, 7) is 1.66. The van der Waals surface area contributed by atoms with Gasteiger partial charge in [0.25, 0.3) is 0 Å². The number of Topliss-reactive ketones (excluding diaryl/α,β-unsaturated/α-hetero) is 1. The van der Waals surface area contributed by atoms with Gasteiger partial charge < -0.3 is 14.9 Å². The minimum Gasteiger partial charge on any atom is -0.481 e. The molecule has 0 radical (unpaired) electrons. The molecule has 4 aromatic carbocycles. The zero-order valence-corrected chi connectivity index (χ0v) is 20.4.